The van der Waals surface area contributed by atoms with Crippen LogP contribution in [0, 0.1) is 11.8 Å². The summed E-state index contributed by atoms with van der Waals surface area (Å²) in [6.07, 6.45) is 4.44. The first kappa shape index (κ1) is 9.97. The Morgan fingerprint density at radius 1 is 1.43 bits per heavy atom. The third-order valence-corrected chi connectivity index (χ3v) is 3.34. The maximum atomic E-state index is 11.6. The van der Waals surface area contributed by atoms with Crippen LogP contribution >= 0.6 is 0 Å². The molecule has 1 saturated carbocycles. The first-order chi connectivity index (χ1) is 6.75. The van der Waals surface area contributed by atoms with Gasteiger partial charge in [-0.1, -0.05) is 6.92 Å². The molecule has 2 aliphatic rings. The topological polar surface area (TPSA) is 41.1 Å². The Labute approximate surface area is 85.6 Å². The van der Waals surface area contributed by atoms with Gasteiger partial charge in [-0.15, -0.1) is 0 Å². The van der Waals surface area contributed by atoms with Crippen LogP contribution in [0.25, 0.3) is 0 Å². The van der Waals surface area contributed by atoms with Crippen LogP contribution in [0.5, 0.6) is 0 Å². The molecule has 1 heterocycles. The Bertz CT molecular complexity index is 213. The second-order valence-corrected chi connectivity index (χ2v) is 4.79. The fourth-order valence-electron chi connectivity index (χ4n) is 2.03. The lowest BCUT2D eigenvalue weighted by molar-refractivity contribution is -0.122. The van der Waals surface area contributed by atoms with Crippen molar-refractivity contribution in [2.75, 3.05) is 13.1 Å². The van der Waals surface area contributed by atoms with E-state index in [1.54, 1.807) is 0 Å². The van der Waals surface area contributed by atoms with Crippen molar-refractivity contribution in [3.8, 4) is 0 Å². The highest BCUT2D eigenvalue weighted by Gasteiger charge is 2.27. The lowest BCUT2D eigenvalue weighted by Crippen LogP contribution is -2.50. The number of rotatable bonds is 3. The summed E-state index contributed by atoms with van der Waals surface area (Å²) in [4.78, 5) is 11.6. The minimum absolute atomic E-state index is 0.257. The summed E-state index contributed by atoms with van der Waals surface area (Å²) >= 11 is 0. The summed E-state index contributed by atoms with van der Waals surface area (Å²) in [5.41, 5.74) is 0. The van der Waals surface area contributed by atoms with E-state index in [9.17, 15) is 4.79 Å². The summed E-state index contributed by atoms with van der Waals surface area (Å²) < 4.78 is 0. The van der Waals surface area contributed by atoms with Gasteiger partial charge in [-0.2, -0.15) is 0 Å². The van der Waals surface area contributed by atoms with Crippen LogP contribution in [0.1, 0.15) is 32.6 Å². The van der Waals surface area contributed by atoms with Crippen LogP contribution in [0.4, 0.5) is 0 Å². The number of carbonyl (C=O) groups excluding carboxylic acids is 1. The predicted molar refractivity (Wildman–Crippen MR) is 55.9 cm³/mol. The van der Waals surface area contributed by atoms with Crippen LogP contribution in [0.3, 0.4) is 0 Å². The number of piperidine rings is 1. The predicted octanol–water partition coefficient (Wildman–Crippen LogP) is 0.901. The fraction of sp³-hybridized carbons (Fsp3) is 0.909. The average molecular weight is 196 g/mol. The monoisotopic (exact) mass is 196 g/mol. The van der Waals surface area contributed by atoms with E-state index in [4.69, 9.17) is 0 Å². The summed E-state index contributed by atoms with van der Waals surface area (Å²) in [5, 5.41) is 6.46. The molecule has 14 heavy (non-hydrogen) atoms. The first-order valence-corrected chi connectivity index (χ1v) is 5.76. The van der Waals surface area contributed by atoms with Crippen molar-refractivity contribution >= 4 is 5.91 Å². The minimum Gasteiger partial charge on any atom is -0.352 e. The molecule has 0 bridgehead atoms. The fourth-order valence-corrected chi connectivity index (χ4v) is 2.03. The van der Waals surface area contributed by atoms with Gasteiger partial charge in [-0.25, -0.2) is 0 Å². The molecule has 3 heteroatoms. The second-order valence-electron chi connectivity index (χ2n) is 4.79. The van der Waals surface area contributed by atoms with Crippen LogP contribution < -0.4 is 10.6 Å². The van der Waals surface area contributed by atoms with Gasteiger partial charge in [-0.3, -0.25) is 4.79 Å². The summed E-state index contributed by atoms with van der Waals surface area (Å²) in [7, 11) is 0. The smallest absolute Gasteiger partial charge is 0.220 e. The van der Waals surface area contributed by atoms with E-state index in [0.717, 1.165) is 19.5 Å². The average Bonchev–Trinajstić information content (AvgIpc) is 2.93. The van der Waals surface area contributed by atoms with Gasteiger partial charge in [0.2, 0.25) is 5.91 Å². The normalized spacial score (nSPS) is 32.6. The summed E-state index contributed by atoms with van der Waals surface area (Å²) in [5.74, 6) is 1.58. The number of hydrogen-bond acceptors (Lipinski definition) is 2. The van der Waals surface area contributed by atoms with Crippen LogP contribution in [-0.4, -0.2) is 25.0 Å². The minimum atomic E-state index is 0.257. The van der Waals surface area contributed by atoms with E-state index in [0.29, 0.717) is 17.9 Å². The molecule has 1 aliphatic heterocycles. The molecular formula is C11H20N2O. The molecule has 1 aliphatic carbocycles. The SMILES string of the molecule is CC1CCNCC1NC(=O)CC1CC1. The van der Waals surface area contributed by atoms with Gasteiger partial charge in [0.25, 0.3) is 0 Å². The van der Waals surface area contributed by atoms with Crippen molar-refractivity contribution in [3.63, 3.8) is 0 Å². The lowest BCUT2D eigenvalue weighted by atomic mass is 9.94. The van der Waals surface area contributed by atoms with E-state index in [2.05, 4.69) is 17.6 Å². The van der Waals surface area contributed by atoms with Crippen molar-refractivity contribution in [1.82, 2.24) is 10.6 Å². The van der Waals surface area contributed by atoms with Crippen molar-refractivity contribution in [1.29, 1.82) is 0 Å². The van der Waals surface area contributed by atoms with Crippen molar-refractivity contribution in [3.05, 3.63) is 0 Å². The Balaban J connectivity index is 1.73. The van der Waals surface area contributed by atoms with Gasteiger partial charge in [-0.05, 0) is 37.6 Å². The van der Waals surface area contributed by atoms with E-state index in [1.807, 2.05) is 0 Å². The van der Waals surface area contributed by atoms with E-state index in [1.165, 1.54) is 19.3 Å². The molecule has 80 valence electrons. The highest BCUT2D eigenvalue weighted by molar-refractivity contribution is 5.76. The molecule has 2 rings (SSSR count). The zero-order valence-electron chi connectivity index (χ0n) is 8.88. The molecule has 2 fully saturated rings. The number of carbonyl (C=O) groups is 1. The van der Waals surface area contributed by atoms with Crippen LogP contribution in [-0.2, 0) is 4.79 Å². The Kier molecular flexibility index (Phi) is 3.06. The number of nitrogens with one attached hydrogen (secondary N) is 2. The molecule has 2 atom stereocenters. The third-order valence-electron chi connectivity index (χ3n) is 3.34. The maximum Gasteiger partial charge on any atom is 0.220 e. The Morgan fingerprint density at radius 2 is 2.21 bits per heavy atom. The van der Waals surface area contributed by atoms with E-state index < -0.39 is 0 Å². The molecule has 0 aromatic heterocycles. The largest absolute Gasteiger partial charge is 0.352 e. The second kappa shape index (κ2) is 4.30. The molecule has 0 aromatic rings. The quantitative estimate of drug-likeness (QED) is 0.704. The van der Waals surface area contributed by atoms with Gasteiger partial charge >= 0.3 is 0 Å². The van der Waals surface area contributed by atoms with Crippen molar-refractivity contribution in [2.24, 2.45) is 11.8 Å². The molecular weight excluding hydrogens is 176 g/mol. The number of hydrogen-bond donors (Lipinski definition) is 2. The lowest BCUT2D eigenvalue weighted by Gasteiger charge is -2.30. The summed E-state index contributed by atoms with van der Waals surface area (Å²) in [6, 6.07) is 0.356. The first-order valence-electron chi connectivity index (χ1n) is 5.76. The zero-order chi connectivity index (χ0) is 9.97. The van der Waals surface area contributed by atoms with Crippen molar-refractivity contribution < 1.29 is 4.79 Å². The Morgan fingerprint density at radius 3 is 2.86 bits per heavy atom. The molecule has 0 radical (unpaired) electrons. The van der Waals surface area contributed by atoms with Gasteiger partial charge in [0.1, 0.15) is 0 Å². The molecule has 3 nitrogen and oxygen atoms in total. The van der Waals surface area contributed by atoms with Gasteiger partial charge < -0.3 is 10.6 Å². The molecule has 2 unspecified atom stereocenters. The van der Waals surface area contributed by atoms with Crippen molar-refractivity contribution in [2.45, 2.75) is 38.6 Å². The van der Waals surface area contributed by atoms with Gasteiger partial charge in [0.15, 0.2) is 0 Å². The van der Waals surface area contributed by atoms with E-state index in [-0.39, 0.29) is 5.91 Å². The van der Waals surface area contributed by atoms with E-state index >= 15 is 0 Å². The number of amides is 1. The zero-order valence-corrected chi connectivity index (χ0v) is 8.88. The van der Waals surface area contributed by atoms with Gasteiger partial charge in [0.05, 0.1) is 0 Å². The highest BCUT2D eigenvalue weighted by atomic mass is 16.1. The molecule has 0 aromatic carbocycles. The molecule has 2 N–H and O–H groups in total. The molecule has 1 saturated heterocycles. The standard InChI is InChI=1S/C11H20N2O/c1-8-4-5-12-7-10(8)13-11(14)6-9-2-3-9/h8-10,12H,2-7H2,1H3,(H,13,14). The van der Waals surface area contributed by atoms with Crippen LogP contribution in [0.2, 0.25) is 0 Å². The Hall–Kier alpha value is -0.570. The maximum absolute atomic E-state index is 11.6. The summed E-state index contributed by atoms with van der Waals surface area (Å²) in [6.45, 7) is 4.26. The highest BCUT2D eigenvalue weighted by Crippen LogP contribution is 2.32. The molecule has 0 spiro atoms. The van der Waals surface area contributed by atoms with Gasteiger partial charge in [0, 0.05) is 19.0 Å². The van der Waals surface area contributed by atoms with Crippen LogP contribution in [0.15, 0.2) is 0 Å². The molecule has 1 amide bonds. The third kappa shape index (κ3) is 2.71.